The van der Waals surface area contributed by atoms with Crippen molar-refractivity contribution >= 4 is 0 Å². The zero-order valence-corrected chi connectivity index (χ0v) is 16.6. The summed E-state index contributed by atoms with van der Waals surface area (Å²) in [6, 6.07) is 0. The molecular weight excluding hydrogens is 294 g/mol. The Labute approximate surface area is 150 Å². The molecular formula is C21H41N3. The topological polar surface area (TPSA) is 18.5 Å². The highest BCUT2D eigenvalue weighted by Crippen LogP contribution is 2.30. The summed E-state index contributed by atoms with van der Waals surface area (Å²) < 4.78 is 0. The standard InChI is InChI=1S/C21H41N3/c1-16(2)21-14-24(15-21)12-18(4)20-7-10-23(13-20)11-17(3)19-5-8-22-9-6-19/h16-22H,5-15H2,1-4H3. The molecule has 0 aromatic heterocycles. The summed E-state index contributed by atoms with van der Waals surface area (Å²) in [5, 5.41) is 3.51. The Morgan fingerprint density at radius 3 is 2.00 bits per heavy atom. The highest BCUT2D eigenvalue weighted by atomic mass is 15.2. The Morgan fingerprint density at radius 1 is 0.750 bits per heavy atom. The molecule has 1 N–H and O–H groups in total. The Hall–Kier alpha value is -0.120. The zero-order valence-electron chi connectivity index (χ0n) is 16.6. The molecule has 140 valence electrons. The van der Waals surface area contributed by atoms with Gasteiger partial charge >= 0.3 is 0 Å². The number of hydrogen-bond acceptors (Lipinski definition) is 3. The first kappa shape index (κ1) is 18.7. The third-order valence-corrected chi connectivity index (χ3v) is 7.32. The van der Waals surface area contributed by atoms with E-state index in [1.165, 1.54) is 71.6 Å². The fourth-order valence-corrected chi connectivity index (χ4v) is 5.20. The molecule has 3 aliphatic heterocycles. The van der Waals surface area contributed by atoms with Crippen molar-refractivity contribution in [3.05, 3.63) is 0 Å². The summed E-state index contributed by atoms with van der Waals surface area (Å²) >= 11 is 0. The van der Waals surface area contributed by atoms with Crippen molar-refractivity contribution in [2.75, 3.05) is 52.4 Å². The van der Waals surface area contributed by atoms with Crippen molar-refractivity contribution in [3.63, 3.8) is 0 Å². The first-order valence-electron chi connectivity index (χ1n) is 10.7. The maximum absolute atomic E-state index is 3.51. The summed E-state index contributed by atoms with van der Waals surface area (Å²) in [6.07, 6.45) is 4.21. The molecule has 3 heteroatoms. The van der Waals surface area contributed by atoms with Gasteiger partial charge in [0, 0.05) is 32.7 Å². The molecule has 3 aliphatic rings. The van der Waals surface area contributed by atoms with Crippen LogP contribution < -0.4 is 5.32 Å². The highest BCUT2D eigenvalue weighted by molar-refractivity contribution is 4.87. The second-order valence-electron chi connectivity index (χ2n) is 9.57. The molecule has 3 atom stereocenters. The van der Waals surface area contributed by atoms with Crippen molar-refractivity contribution < 1.29 is 0 Å². The summed E-state index contributed by atoms with van der Waals surface area (Å²) in [6.45, 7) is 20.3. The van der Waals surface area contributed by atoms with Crippen molar-refractivity contribution in [3.8, 4) is 0 Å². The summed E-state index contributed by atoms with van der Waals surface area (Å²) in [5.41, 5.74) is 0. The molecule has 0 aromatic rings. The maximum Gasteiger partial charge on any atom is 0.00246 e. The van der Waals surface area contributed by atoms with Crippen molar-refractivity contribution in [2.45, 2.75) is 47.0 Å². The van der Waals surface area contributed by atoms with Crippen molar-refractivity contribution in [2.24, 2.45) is 35.5 Å². The zero-order chi connectivity index (χ0) is 17.1. The minimum absolute atomic E-state index is 0.870. The van der Waals surface area contributed by atoms with Crippen LogP contribution in [0.15, 0.2) is 0 Å². The molecule has 3 rings (SSSR count). The molecule has 3 nitrogen and oxygen atoms in total. The Morgan fingerprint density at radius 2 is 1.33 bits per heavy atom. The molecule has 3 heterocycles. The molecule has 0 saturated carbocycles. The van der Waals surface area contributed by atoms with Crippen LogP contribution >= 0.6 is 0 Å². The van der Waals surface area contributed by atoms with Crippen LogP contribution in [0.4, 0.5) is 0 Å². The molecule has 3 saturated heterocycles. The molecule has 0 radical (unpaired) electrons. The fraction of sp³-hybridized carbons (Fsp3) is 1.00. The monoisotopic (exact) mass is 335 g/mol. The number of likely N-dealkylation sites (tertiary alicyclic amines) is 2. The fourth-order valence-electron chi connectivity index (χ4n) is 5.20. The van der Waals surface area contributed by atoms with Crippen LogP contribution in [-0.2, 0) is 0 Å². The van der Waals surface area contributed by atoms with Crippen LogP contribution in [0, 0.1) is 35.5 Å². The Kier molecular flexibility index (Phi) is 6.62. The number of rotatable bonds is 7. The highest BCUT2D eigenvalue weighted by Gasteiger charge is 2.34. The van der Waals surface area contributed by atoms with Gasteiger partial charge in [0.15, 0.2) is 0 Å². The van der Waals surface area contributed by atoms with E-state index in [2.05, 4.69) is 42.8 Å². The predicted octanol–water partition coefficient (Wildman–Crippen LogP) is 3.17. The van der Waals surface area contributed by atoms with Gasteiger partial charge in [0.1, 0.15) is 0 Å². The van der Waals surface area contributed by atoms with E-state index >= 15 is 0 Å². The molecule has 0 aromatic carbocycles. The third kappa shape index (κ3) is 4.74. The summed E-state index contributed by atoms with van der Waals surface area (Å²) in [4.78, 5) is 5.48. The van der Waals surface area contributed by atoms with Crippen molar-refractivity contribution in [1.82, 2.24) is 15.1 Å². The predicted molar refractivity (Wildman–Crippen MR) is 103 cm³/mol. The van der Waals surface area contributed by atoms with Gasteiger partial charge in [0.2, 0.25) is 0 Å². The van der Waals surface area contributed by atoms with E-state index < -0.39 is 0 Å². The lowest BCUT2D eigenvalue weighted by Gasteiger charge is -2.43. The first-order chi connectivity index (χ1) is 11.5. The van der Waals surface area contributed by atoms with Gasteiger partial charge in [0.25, 0.3) is 0 Å². The smallest absolute Gasteiger partial charge is 0.00246 e. The van der Waals surface area contributed by atoms with E-state index in [0.717, 1.165) is 35.5 Å². The van der Waals surface area contributed by atoms with Gasteiger partial charge in [0.05, 0.1) is 0 Å². The lowest BCUT2D eigenvalue weighted by molar-refractivity contribution is 0.0467. The largest absolute Gasteiger partial charge is 0.317 e. The molecule has 0 aliphatic carbocycles. The van der Waals surface area contributed by atoms with Crippen LogP contribution in [0.25, 0.3) is 0 Å². The average molecular weight is 336 g/mol. The van der Waals surface area contributed by atoms with Crippen LogP contribution in [-0.4, -0.2) is 62.2 Å². The van der Waals surface area contributed by atoms with E-state index in [1.807, 2.05) is 0 Å². The first-order valence-corrected chi connectivity index (χ1v) is 10.7. The van der Waals surface area contributed by atoms with Crippen molar-refractivity contribution in [1.29, 1.82) is 0 Å². The Bertz CT molecular complexity index is 371. The minimum atomic E-state index is 0.870. The van der Waals surface area contributed by atoms with Gasteiger partial charge in [-0.15, -0.1) is 0 Å². The lowest BCUT2D eigenvalue weighted by Crippen LogP contribution is -2.51. The van der Waals surface area contributed by atoms with Gasteiger partial charge in [-0.3, -0.25) is 0 Å². The van der Waals surface area contributed by atoms with E-state index in [-0.39, 0.29) is 0 Å². The van der Waals surface area contributed by atoms with E-state index in [9.17, 15) is 0 Å². The molecule has 0 amide bonds. The number of nitrogens with zero attached hydrogens (tertiary/aromatic N) is 2. The van der Waals surface area contributed by atoms with Gasteiger partial charge in [-0.1, -0.05) is 27.7 Å². The Balaban J connectivity index is 1.35. The van der Waals surface area contributed by atoms with Gasteiger partial charge in [-0.05, 0) is 74.4 Å². The SMILES string of the molecule is CC(C)C1CN(CC(C)C2CCN(CC(C)C3CCNCC3)C2)C1. The average Bonchev–Trinajstić information content (AvgIpc) is 2.99. The normalized spacial score (nSPS) is 30.6. The lowest BCUT2D eigenvalue weighted by atomic mass is 9.85. The van der Waals surface area contributed by atoms with Crippen LogP contribution in [0.3, 0.4) is 0 Å². The summed E-state index contributed by atoms with van der Waals surface area (Å²) in [5.74, 6) is 5.47. The molecule has 0 bridgehead atoms. The molecule has 3 unspecified atom stereocenters. The van der Waals surface area contributed by atoms with Gasteiger partial charge in [-0.25, -0.2) is 0 Å². The molecule has 0 spiro atoms. The van der Waals surface area contributed by atoms with E-state index in [1.54, 1.807) is 0 Å². The van der Waals surface area contributed by atoms with Crippen LogP contribution in [0.1, 0.15) is 47.0 Å². The number of nitrogens with one attached hydrogen (secondary N) is 1. The summed E-state index contributed by atoms with van der Waals surface area (Å²) in [7, 11) is 0. The van der Waals surface area contributed by atoms with Gasteiger partial charge < -0.3 is 15.1 Å². The molecule has 3 fully saturated rings. The number of piperidine rings is 1. The van der Waals surface area contributed by atoms with Crippen LogP contribution in [0.2, 0.25) is 0 Å². The molecule has 24 heavy (non-hydrogen) atoms. The van der Waals surface area contributed by atoms with Crippen LogP contribution in [0.5, 0.6) is 0 Å². The second-order valence-corrected chi connectivity index (χ2v) is 9.57. The van der Waals surface area contributed by atoms with Gasteiger partial charge in [-0.2, -0.15) is 0 Å². The minimum Gasteiger partial charge on any atom is -0.317 e. The third-order valence-electron chi connectivity index (χ3n) is 7.32. The maximum atomic E-state index is 3.51. The number of hydrogen-bond donors (Lipinski definition) is 1. The van der Waals surface area contributed by atoms with E-state index in [4.69, 9.17) is 0 Å². The quantitative estimate of drug-likeness (QED) is 0.771. The second kappa shape index (κ2) is 8.51. The van der Waals surface area contributed by atoms with E-state index in [0.29, 0.717) is 0 Å².